The molecule has 2 aliphatic rings. The summed E-state index contributed by atoms with van der Waals surface area (Å²) < 4.78 is 71.2. The quantitative estimate of drug-likeness (QED) is 0.439. The van der Waals surface area contributed by atoms with Crippen molar-refractivity contribution in [1.82, 2.24) is 20.0 Å². The van der Waals surface area contributed by atoms with Crippen LogP contribution in [0.25, 0.3) is 0 Å². The number of carbonyl (C=O) groups is 3. The maximum atomic E-state index is 12.2. The number of thiophene rings is 1. The number of halogens is 6. The van der Waals surface area contributed by atoms with Gasteiger partial charge in [0.05, 0.1) is 5.60 Å². The van der Waals surface area contributed by atoms with Gasteiger partial charge in [-0.05, 0) is 47.2 Å². The first-order chi connectivity index (χ1) is 18.0. The summed E-state index contributed by atoms with van der Waals surface area (Å²) in [6.07, 6.45) is -6.46. The second-order valence-corrected chi connectivity index (χ2v) is 9.45. The normalized spacial score (nSPS) is 18.3. The second-order valence-electron chi connectivity index (χ2n) is 8.67. The van der Waals surface area contributed by atoms with Gasteiger partial charge < -0.3 is 20.3 Å². The van der Waals surface area contributed by atoms with Gasteiger partial charge in [0.1, 0.15) is 5.69 Å². The van der Waals surface area contributed by atoms with Crippen LogP contribution in [0.5, 0.6) is 0 Å². The van der Waals surface area contributed by atoms with Crippen molar-refractivity contribution in [2.75, 3.05) is 26.2 Å². The van der Waals surface area contributed by atoms with Crippen LogP contribution in [0.4, 0.5) is 26.3 Å². The van der Waals surface area contributed by atoms with E-state index < -0.39 is 24.3 Å². The molecular weight excluding hydrogens is 562 g/mol. The Balaban J connectivity index is 0.000000317. The molecule has 10 nitrogen and oxygen atoms in total. The lowest BCUT2D eigenvalue weighted by Crippen LogP contribution is -2.64. The molecule has 2 saturated heterocycles. The molecule has 0 radical (unpaired) electrons. The van der Waals surface area contributed by atoms with E-state index in [9.17, 15) is 31.1 Å². The topological polar surface area (TPSA) is 134 Å². The lowest BCUT2D eigenvalue weighted by atomic mass is 9.79. The first-order valence-electron chi connectivity index (χ1n) is 11.3. The van der Waals surface area contributed by atoms with E-state index in [1.54, 1.807) is 35.3 Å². The van der Waals surface area contributed by atoms with Crippen molar-refractivity contribution in [2.24, 2.45) is 13.0 Å². The van der Waals surface area contributed by atoms with Crippen LogP contribution in [-0.4, -0.2) is 86.9 Å². The predicted octanol–water partition coefficient (Wildman–Crippen LogP) is 3.16. The van der Waals surface area contributed by atoms with E-state index in [-0.39, 0.29) is 11.5 Å². The van der Waals surface area contributed by atoms with Gasteiger partial charge in [0.2, 0.25) is 0 Å². The van der Waals surface area contributed by atoms with Crippen molar-refractivity contribution in [1.29, 1.82) is 0 Å². The highest BCUT2D eigenvalue weighted by Crippen LogP contribution is 2.42. The van der Waals surface area contributed by atoms with Crippen LogP contribution >= 0.6 is 11.3 Å². The van der Waals surface area contributed by atoms with E-state index in [0.29, 0.717) is 18.2 Å². The number of carbonyl (C=O) groups excluding carboxylic acids is 1. The molecule has 1 spiro atoms. The predicted molar refractivity (Wildman–Crippen MR) is 124 cm³/mol. The Kier molecular flexibility index (Phi) is 10.9. The van der Waals surface area contributed by atoms with Crippen LogP contribution in [-0.2, 0) is 27.9 Å². The van der Waals surface area contributed by atoms with E-state index in [1.807, 2.05) is 0 Å². The molecule has 3 N–H and O–H groups in total. The number of aromatic nitrogens is 2. The summed E-state index contributed by atoms with van der Waals surface area (Å²) >= 11 is 1.75. The number of aliphatic carboxylic acids is 2. The van der Waals surface area contributed by atoms with Gasteiger partial charge in [0.25, 0.3) is 5.91 Å². The van der Waals surface area contributed by atoms with Crippen LogP contribution in [0.3, 0.4) is 0 Å². The molecule has 4 rings (SSSR count). The number of carboxylic acid groups (broad SMARTS) is 2. The number of nitrogens with zero attached hydrogens (tertiary/aromatic N) is 3. The third kappa shape index (κ3) is 9.50. The van der Waals surface area contributed by atoms with Crippen molar-refractivity contribution in [3.63, 3.8) is 0 Å². The number of amides is 1. The molecule has 1 amide bonds. The van der Waals surface area contributed by atoms with Crippen molar-refractivity contribution in [3.05, 3.63) is 40.3 Å². The van der Waals surface area contributed by atoms with Crippen LogP contribution in [0, 0.1) is 5.92 Å². The smallest absolute Gasteiger partial charge is 0.475 e. The van der Waals surface area contributed by atoms with Gasteiger partial charge in [-0.15, -0.1) is 0 Å². The van der Waals surface area contributed by atoms with Gasteiger partial charge in [0, 0.05) is 46.0 Å². The third-order valence-corrected chi connectivity index (χ3v) is 6.62. The summed E-state index contributed by atoms with van der Waals surface area (Å²) in [6.45, 7) is 4.54. The number of hydrogen-bond donors (Lipinski definition) is 3. The number of likely N-dealkylation sites (tertiary alicyclic amines) is 1. The minimum Gasteiger partial charge on any atom is -0.475 e. The first-order valence-corrected chi connectivity index (χ1v) is 12.2. The van der Waals surface area contributed by atoms with Gasteiger partial charge >= 0.3 is 24.3 Å². The molecule has 39 heavy (non-hydrogen) atoms. The average molecular weight is 589 g/mol. The summed E-state index contributed by atoms with van der Waals surface area (Å²) in [7, 11) is 1.78. The van der Waals surface area contributed by atoms with Crippen LogP contribution in [0.1, 0.15) is 28.9 Å². The van der Waals surface area contributed by atoms with E-state index in [1.165, 1.54) is 5.56 Å². The summed E-state index contributed by atoms with van der Waals surface area (Å²) in [5, 5.41) is 25.7. The van der Waals surface area contributed by atoms with E-state index in [2.05, 4.69) is 32.1 Å². The Morgan fingerprint density at radius 1 is 1.13 bits per heavy atom. The Labute approximate surface area is 222 Å². The molecule has 0 saturated carbocycles. The molecule has 2 aliphatic heterocycles. The highest BCUT2D eigenvalue weighted by Gasteiger charge is 2.52. The first kappa shape index (κ1) is 32.0. The summed E-state index contributed by atoms with van der Waals surface area (Å²) in [5.41, 5.74) is 1.99. The standard InChI is InChI=1S/C18H24N4O2S.2C2HF3O2/c1-21-16(3-7-20-21)17(23)19-6-2-15-4-8-24-18(15)12-22(13-18)10-14-5-9-25-11-14;2*3-2(4,5)1(6)7/h3,5,7,9,11,15H,2,4,6,8,10,12-13H2,1H3,(H,19,23);2*(H,6,7). The van der Waals surface area contributed by atoms with Gasteiger partial charge in [-0.25, -0.2) is 9.59 Å². The van der Waals surface area contributed by atoms with Crippen molar-refractivity contribution in [2.45, 2.75) is 37.3 Å². The summed E-state index contributed by atoms with van der Waals surface area (Å²) in [6, 6.07) is 3.93. The minimum absolute atomic E-state index is 0.00722. The molecule has 0 aliphatic carbocycles. The van der Waals surface area contributed by atoms with Gasteiger partial charge in [0.15, 0.2) is 0 Å². The Morgan fingerprint density at radius 2 is 1.72 bits per heavy atom. The number of hydrogen-bond acceptors (Lipinski definition) is 7. The molecule has 218 valence electrons. The van der Waals surface area contributed by atoms with Gasteiger partial charge in [-0.1, -0.05) is 0 Å². The summed E-state index contributed by atoms with van der Waals surface area (Å²) in [5.74, 6) is -5.04. The van der Waals surface area contributed by atoms with Crippen LogP contribution in [0.2, 0.25) is 0 Å². The molecule has 0 bridgehead atoms. The lowest BCUT2D eigenvalue weighted by molar-refractivity contribution is -0.193. The van der Waals surface area contributed by atoms with Crippen LogP contribution in [0.15, 0.2) is 29.1 Å². The number of nitrogens with one attached hydrogen (secondary N) is 1. The molecule has 0 aromatic carbocycles. The maximum absolute atomic E-state index is 12.2. The van der Waals surface area contributed by atoms with Gasteiger partial charge in [-0.3, -0.25) is 14.4 Å². The highest BCUT2D eigenvalue weighted by atomic mass is 32.1. The molecule has 1 unspecified atom stereocenters. The Bertz CT molecular complexity index is 1080. The molecule has 4 heterocycles. The van der Waals surface area contributed by atoms with E-state index in [0.717, 1.165) is 39.1 Å². The van der Waals surface area contributed by atoms with Crippen molar-refractivity contribution < 1.29 is 55.7 Å². The third-order valence-electron chi connectivity index (χ3n) is 5.89. The van der Waals surface area contributed by atoms with E-state index >= 15 is 0 Å². The molecular formula is C22H26F6N4O6S. The maximum Gasteiger partial charge on any atom is 0.490 e. The largest absolute Gasteiger partial charge is 0.490 e. The van der Waals surface area contributed by atoms with Crippen molar-refractivity contribution >= 4 is 29.2 Å². The fourth-order valence-electron chi connectivity index (χ4n) is 4.05. The van der Waals surface area contributed by atoms with Crippen molar-refractivity contribution in [3.8, 4) is 0 Å². The lowest BCUT2D eigenvalue weighted by Gasteiger charge is -2.50. The molecule has 1 atom stereocenters. The minimum atomic E-state index is -5.08. The zero-order chi connectivity index (χ0) is 29.4. The highest BCUT2D eigenvalue weighted by molar-refractivity contribution is 7.07. The monoisotopic (exact) mass is 588 g/mol. The molecule has 2 aromatic rings. The second kappa shape index (κ2) is 13.3. The average Bonchev–Trinajstić information content (AvgIpc) is 3.55. The zero-order valence-electron chi connectivity index (χ0n) is 20.5. The number of carboxylic acids is 2. The zero-order valence-corrected chi connectivity index (χ0v) is 21.3. The summed E-state index contributed by atoms with van der Waals surface area (Å²) in [4.78, 5) is 32.4. The fourth-order valence-corrected chi connectivity index (χ4v) is 4.71. The van der Waals surface area contributed by atoms with Crippen LogP contribution < -0.4 is 5.32 Å². The van der Waals surface area contributed by atoms with E-state index in [4.69, 9.17) is 24.5 Å². The Hall–Kier alpha value is -3.18. The number of ether oxygens (including phenoxy) is 1. The Morgan fingerprint density at radius 3 is 2.18 bits per heavy atom. The number of aryl methyl sites for hydroxylation is 1. The molecule has 2 fully saturated rings. The van der Waals surface area contributed by atoms with Gasteiger partial charge in [-0.2, -0.15) is 42.8 Å². The number of alkyl halides is 6. The number of rotatable bonds is 6. The fraction of sp³-hybridized carbons (Fsp3) is 0.545. The SMILES string of the molecule is Cn1nccc1C(=O)NCCC1CCOC12CN(Cc1ccsc1)C2.O=C(O)C(F)(F)F.O=C(O)C(F)(F)F. The molecule has 2 aromatic heterocycles. The molecule has 17 heteroatoms.